The number of nitrogens with zero attached hydrogens (tertiary/aromatic N) is 3. The molecule has 30 heavy (non-hydrogen) atoms. The molecule has 0 fully saturated rings. The summed E-state index contributed by atoms with van der Waals surface area (Å²) in [6.45, 7) is 6.35. The van der Waals surface area contributed by atoms with E-state index >= 15 is 0 Å². The summed E-state index contributed by atoms with van der Waals surface area (Å²) in [5, 5.41) is 13.7. The normalized spacial score (nSPS) is 12.0. The topological polar surface area (TPSA) is 114 Å². The highest BCUT2D eigenvalue weighted by molar-refractivity contribution is 5.95. The SMILES string of the molecule is CCCN(Cc1nnc(-c2ccco2)o1)[C@H](C)C(=O)Nc1ccc(NC(C)=O)cc1. The maximum Gasteiger partial charge on any atom is 0.283 e. The molecular weight excluding hydrogens is 386 g/mol. The molecule has 3 rings (SSSR count). The number of benzene rings is 1. The molecule has 1 aromatic carbocycles. The Balaban J connectivity index is 1.63. The molecule has 3 aromatic rings. The van der Waals surface area contributed by atoms with Gasteiger partial charge in [0.2, 0.25) is 17.7 Å². The van der Waals surface area contributed by atoms with Crippen LogP contribution >= 0.6 is 0 Å². The average Bonchev–Trinajstić information content (AvgIpc) is 3.40. The van der Waals surface area contributed by atoms with E-state index in [0.717, 1.165) is 6.42 Å². The summed E-state index contributed by atoms with van der Waals surface area (Å²) in [6, 6.07) is 10.0. The average molecular weight is 411 g/mol. The van der Waals surface area contributed by atoms with E-state index in [1.165, 1.54) is 13.2 Å². The van der Waals surface area contributed by atoms with E-state index in [1.807, 2.05) is 18.7 Å². The number of carbonyl (C=O) groups excluding carboxylic acids is 2. The van der Waals surface area contributed by atoms with Crippen molar-refractivity contribution in [1.82, 2.24) is 15.1 Å². The Morgan fingerprint density at radius 1 is 1.10 bits per heavy atom. The lowest BCUT2D eigenvalue weighted by atomic mass is 10.2. The highest BCUT2D eigenvalue weighted by atomic mass is 16.4. The van der Waals surface area contributed by atoms with Crippen LogP contribution in [-0.4, -0.2) is 39.5 Å². The number of rotatable bonds is 9. The van der Waals surface area contributed by atoms with Crippen LogP contribution in [0.3, 0.4) is 0 Å². The predicted octanol–water partition coefficient (Wildman–Crippen LogP) is 3.53. The second kappa shape index (κ2) is 9.84. The van der Waals surface area contributed by atoms with Crippen molar-refractivity contribution in [1.29, 1.82) is 0 Å². The van der Waals surface area contributed by atoms with Gasteiger partial charge in [0, 0.05) is 18.3 Å². The van der Waals surface area contributed by atoms with Crippen LogP contribution in [0.5, 0.6) is 0 Å². The maximum atomic E-state index is 12.8. The third kappa shape index (κ3) is 5.54. The Labute approximate surface area is 174 Å². The number of anilines is 2. The molecule has 0 saturated heterocycles. The van der Waals surface area contributed by atoms with Crippen LogP contribution in [0.15, 0.2) is 51.5 Å². The standard InChI is InChI=1S/C21H25N5O4/c1-4-11-26(13-19-24-25-21(30-19)18-6-5-12-29-18)14(2)20(28)23-17-9-7-16(8-10-17)22-15(3)27/h5-10,12,14H,4,11,13H2,1-3H3,(H,22,27)(H,23,28)/t14-/m1/s1. The van der Waals surface area contributed by atoms with Crippen LogP contribution < -0.4 is 10.6 Å². The van der Waals surface area contributed by atoms with Gasteiger partial charge in [-0.3, -0.25) is 14.5 Å². The van der Waals surface area contributed by atoms with Gasteiger partial charge in [0.15, 0.2) is 5.76 Å². The molecule has 0 unspecified atom stereocenters. The Kier molecular flexibility index (Phi) is 6.97. The van der Waals surface area contributed by atoms with Gasteiger partial charge in [0.1, 0.15) is 0 Å². The highest BCUT2D eigenvalue weighted by Gasteiger charge is 2.23. The first-order chi connectivity index (χ1) is 14.5. The molecule has 1 atom stereocenters. The number of carbonyl (C=O) groups is 2. The fourth-order valence-corrected chi connectivity index (χ4v) is 2.94. The summed E-state index contributed by atoms with van der Waals surface area (Å²) in [7, 11) is 0. The van der Waals surface area contributed by atoms with Gasteiger partial charge < -0.3 is 19.5 Å². The molecule has 0 aliphatic carbocycles. The van der Waals surface area contributed by atoms with E-state index in [1.54, 1.807) is 36.4 Å². The summed E-state index contributed by atoms with van der Waals surface area (Å²) in [4.78, 5) is 25.9. The van der Waals surface area contributed by atoms with Crippen LogP contribution in [0.4, 0.5) is 11.4 Å². The van der Waals surface area contributed by atoms with Crippen LogP contribution in [0.2, 0.25) is 0 Å². The summed E-state index contributed by atoms with van der Waals surface area (Å²) in [6.07, 6.45) is 2.40. The lowest BCUT2D eigenvalue weighted by Crippen LogP contribution is -2.42. The molecule has 2 amide bonds. The Morgan fingerprint density at radius 2 is 1.80 bits per heavy atom. The van der Waals surface area contributed by atoms with Crippen LogP contribution in [0, 0.1) is 0 Å². The van der Waals surface area contributed by atoms with Crippen molar-refractivity contribution in [2.75, 3.05) is 17.2 Å². The van der Waals surface area contributed by atoms with Crippen molar-refractivity contribution in [3.63, 3.8) is 0 Å². The van der Waals surface area contributed by atoms with Gasteiger partial charge in [0.05, 0.1) is 18.8 Å². The Morgan fingerprint density at radius 3 is 2.40 bits per heavy atom. The van der Waals surface area contributed by atoms with Gasteiger partial charge in [-0.05, 0) is 56.3 Å². The molecular formula is C21H25N5O4. The van der Waals surface area contributed by atoms with Crippen LogP contribution in [0.25, 0.3) is 11.7 Å². The fourth-order valence-electron chi connectivity index (χ4n) is 2.94. The lowest BCUT2D eigenvalue weighted by Gasteiger charge is -2.26. The second-order valence-electron chi connectivity index (χ2n) is 6.87. The molecule has 9 heteroatoms. The van der Waals surface area contributed by atoms with Crippen LogP contribution in [-0.2, 0) is 16.1 Å². The molecule has 9 nitrogen and oxygen atoms in total. The summed E-state index contributed by atoms with van der Waals surface area (Å²) in [5.74, 6) is 0.926. The molecule has 0 bridgehead atoms. The fraction of sp³-hybridized carbons (Fsp3) is 0.333. The van der Waals surface area contributed by atoms with Crippen molar-refractivity contribution in [2.45, 2.75) is 39.8 Å². The highest BCUT2D eigenvalue weighted by Crippen LogP contribution is 2.20. The van der Waals surface area contributed by atoms with Gasteiger partial charge in [0.25, 0.3) is 5.89 Å². The molecule has 0 radical (unpaired) electrons. The Bertz CT molecular complexity index is 966. The van der Waals surface area contributed by atoms with Crippen molar-refractivity contribution < 1.29 is 18.4 Å². The second-order valence-corrected chi connectivity index (χ2v) is 6.87. The number of aromatic nitrogens is 2. The first-order valence-corrected chi connectivity index (χ1v) is 9.75. The minimum Gasteiger partial charge on any atom is -0.459 e. The van der Waals surface area contributed by atoms with Crippen molar-refractivity contribution in [3.8, 4) is 11.7 Å². The third-order valence-electron chi connectivity index (χ3n) is 4.45. The van der Waals surface area contributed by atoms with Crippen LogP contribution in [0.1, 0.15) is 33.1 Å². The molecule has 2 N–H and O–H groups in total. The molecule has 158 valence electrons. The van der Waals surface area contributed by atoms with E-state index in [9.17, 15) is 9.59 Å². The number of amides is 2. The first kappa shape index (κ1) is 21.3. The van der Waals surface area contributed by atoms with E-state index < -0.39 is 6.04 Å². The van der Waals surface area contributed by atoms with E-state index in [4.69, 9.17) is 8.83 Å². The molecule has 2 aromatic heterocycles. The van der Waals surface area contributed by atoms with Crippen molar-refractivity contribution in [2.24, 2.45) is 0 Å². The molecule has 0 aliphatic heterocycles. The van der Waals surface area contributed by atoms with E-state index in [2.05, 4.69) is 20.8 Å². The zero-order chi connectivity index (χ0) is 21.5. The van der Waals surface area contributed by atoms with Gasteiger partial charge in [-0.25, -0.2) is 0 Å². The number of hydrogen-bond donors (Lipinski definition) is 2. The van der Waals surface area contributed by atoms with Gasteiger partial charge in [-0.1, -0.05) is 6.92 Å². The van der Waals surface area contributed by atoms with Crippen molar-refractivity contribution in [3.05, 3.63) is 48.6 Å². The quantitative estimate of drug-likeness (QED) is 0.554. The summed E-state index contributed by atoms with van der Waals surface area (Å²) < 4.78 is 10.9. The lowest BCUT2D eigenvalue weighted by molar-refractivity contribution is -0.121. The van der Waals surface area contributed by atoms with Crippen molar-refractivity contribution >= 4 is 23.2 Å². The maximum absolute atomic E-state index is 12.8. The zero-order valence-electron chi connectivity index (χ0n) is 17.2. The number of nitrogens with one attached hydrogen (secondary N) is 2. The monoisotopic (exact) mass is 411 g/mol. The zero-order valence-corrected chi connectivity index (χ0v) is 17.2. The molecule has 0 spiro atoms. The van der Waals surface area contributed by atoms with E-state index in [-0.39, 0.29) is 11.8 Å². The molecule has 0 saturated carbocycles. The minimum absolute atomic E-state index is 0.146. The van der Waals surface area contributed by atoms with Gasteiger partial charge >= 0.3 is 0 Å². The first-order valence-electron chi connectivity index (χ1n) is 9.75. The van der Waals surface area contributed by atoms with Gasteiger partial charge in [-0.2, -0.15) is 0 Å². The largest absolute Gasteiger partial charge is 0.459 e. The minimum atomic E-state index is -0.418. The van der Waals surface area contributed by atoms with Gasteiger partial charge in [-0.15, -0.1) is 10.2 Å². The summed E-state index contributed by atoms with van der Waals surface area (Å²) >= 11 is 0. The van der Waals surface area contributed by atoms with E-state index in [0.29, 0.717) is 42.0 Å². The predicted molar refractivity (Wildman–Crippen MR) is 112 cm³/mol. The smallest absolute Gasteiger partial charge is 0.283 e. The number of furan rings is 1. The molecule has 2 heterocycles. The number of hydrogen-bond acceptors (Lipinski definition) is 7. The Hall–Kier alpha value is -3.46. The third-order valence-corrected chi connectivity index (χ3v) is 4.45. The summed E-state index contributed by atoms with van der Waals surface area (Å²) in [5.41, 5.74) is 1.32. The molecule has 0 aliphatic rings.